The lowest BCUT2D eigenvalue weighted by Crippen LogP contribution is -2.56. The molecular formula is C11H17N3O2S. The van der Waals surface area contributed by atoms with E-state index in [1.165, 1.54) is 0 Å². The molecule has 1 aromatic rings. The Morgan fingerprint density at radius 2 is 2.35 bits per heavy atom. The van der Waals surface area contributed by atoms with Crippen molar-refractivity contribution in [1.29, 1.82) is 0 Å². The third-order valence-electron chi connectivity index (χ3n) is 3.24. The van der Waals surface area contributed by atoms with Crippen molar-refractivity contribution in [3.8, 4) is 0 Å². The summed E-state index contributed by atoms with van der Waals surface area (Å²) in [4.78, 5) is 12.7. The van der Waals surface area contributed by atoms with Crippen molar-refractivity contribution in [2.75, 3.05) is 6.61 Å². The Labute approximate surface area is 104 Å². The quantitative estimate of drug-likeness (QED) is 0.827. The fourth-order valence-corrected chi connectivity index (χ4v) is 2.61. The van der Waals surface area contributed by atoms with Gasteiger partial charge in [-0.3, -0.25) is 4.79 Å². The first kappa shape index (κ1) is 12.4. The van der Waals surface area contributed by atoms with Gasteiger partial charge in [0, 0.05) is 0 Å². The van der Waals surface area contributed by atoms with Crippen LogP contribution in [0.2, 0.25) is 0 Å². The van der Waals surface area contributed by atoms with Gasteiger partial charge in [-0.2, -0.15) is 0 Å². The van der Waals surface area contributed by atoms with Crippen molar-refractivity contribution < 1.29 is 9.90 Å². The molecule has 1 amide bonds. The summed E-state index contributed by atoms with van der Waals surface area (Å²) in [6.45, 7) is 2.05. The van der Waals surface area contributed by atoms with Gasteiger partial charge < -0.3 is 10.4 Å². The third kappa shape index (κ3) is 2.47. The van der Waals surface area contributed by atoms with E-state index in [4.69, 9.17) is 0 Å². The van der Waals surface area contributed by atoms with Gasteiger partial charge in [0.15, 0.2) is 0 Å². The maximum absolute atomic E-state index is 12.1. The molecule has 0 atom stereocenters. The Morgan fingerprint density at radius 3 is 2.88 bits per heavy atom. The third-order valence-corrected chi connectivity index (χ3v) is 4.01. The second kappa shape index (κ2) is 5.10. The molecule has 17 heavy (non-hydrogen) atoms. The van der Waals surface area contributed by atoms with Gasteiger partial charge in [-0.25, -0.2) is 0 Å². The Bertz CT molecular complexity index is 396. The van der Waals surface area contributed by atoms with Crippen LogP contribution in [0.1, 0.15) is 48.0 Å². The highest BCUT2D eigenvalue weighted by Crippen LogP contribution is 2.31. The van der Waals surface area contributed by atoms with Crippen LogP contribution in [0.4, 0.5) is 0 Å². The molecule has 0 radical (unpaired) electrons. The zero-order chi connectivity index (χ0) is 12.3. The number of nitrogens with one attached hydrogen (secondary N) is 1. The standard InChI is InChI=1S/C11H17N3O2S/c1-2-4-8-9(17-14-13-8)10(16)12-11(7-15)5-3-6-11/h15H,2-7H2,1H3,(H,12,16). The number of amides is 1. The zero-order valence-electron chi connectivity index (χ0n) is 9.90. The van der Waals surface area contributed by atoms with Crippen LogP contribution in [0, 0.1) is 0 Å². The number of hydrogen-bond acceptors (Lipinski definition) is 5. The molecule has 94 valence electrons. The molecule has 1 fully saturated rings. The van der Waals surface area contributed by atoms with Crippen LogP contribution >= 0.6 is 11.5 Å². The minimum absolute atomic E-state index is 0.00802. The van der Waals surface area contributed by atoms with Crippen LogP contribution in [0.5, 0.6) is 0 Å². The topological polar surface area (TPSA) is 75.1 Å². The molecule has 0 aromatic carbocycles. The Kier molecular flexibility index (Phi) is 3.73. The summed E-state index contributed by atoms with van der Waals surface area (Å²) in [6.07, 6.45) is 4.47. The van der Waals surface area contributed by atoms with E-state index < -0.39 is 5.54 Å². The summed E-state index contributed by atoms with van der Waals surface area (Å²) in [5.74, 6) is -0.141. The summed E-state index contributed by atoms with van der Waals surface area (Å²) in [7, 11) is 0. The number of aliphatic hydroxyl groups is 1. The first-order valence-corrected chi connectivity index (χ1v) is 6.73. The fraction of sp³-hybridized carbons (Fsp3) is 0.727. The van der Waals surface area contributed by atoms with Gasteiger partial charge in [0.25, 0.3) is 5.91 Å². The molecule has 1 aliphatic carbocycles. The summed E-state index contributed by atoms with van der Waals surface area (Å²) in [5, 5.41) is 16.2. The second-order valence-electron chi connectivity index (χ2n) is 4.54. The smallest absolute Gasteiger partial charge is 0.265 e. The van der Waals surface area contributed by atoms with E-state index in [0.717, 1.165) is 49.3 Å². The van der Waals surface area contributed by atoms with Crippen molar-refractivity contribution in [3.63, 3.8) is 0 Å². The first-order chi connectivity index (χ1) is 8.21. The molecule has 0 aliphatic heterocycles. The number of aryl methyl sites for hydroxylation is 1. The summed E-state index contributed by atoms with van der Waals surface area (Å²) >= 11 is 1.13. The van der Waals surface area contributed by atoms with E-state index >= 15 is 0 Å². The van der Waals surface area contributed by atoms with Crippen LogP contribution in [0.3, 0.4) is 0 Å². The Balaban J connectivity index is 2.06. The lowest BCUT2D eigenvalue weighted by atomic mass is 9.77. The number of aromatic nitrogens is 2. The van der Waals surface area contributed by atoms with Gasteiger partial charge in [0.2, 0.25) is 0 Å². The van der Waals surface area contributed by atoms with E-state index in [1.807, 2.05) is 6.92 Å². The lowest BCUT2D eigenvalue weighted by Gasteiger charge is -2.40. The molecule has 1 heterocycles. The Hall–Kier alpha value is -1.01. The van der Waals surface area contributed by atoms with Crippen molar-refractivity contribution in [2.45, 2.75) is 44.6 Å². The van der Waals surface area contributed by atoms with Crippen molar-refractivity contribution in [2.24, 2.45) is 0 Å². The molecule has 1 aromatic heterocycles. The molecule has 1 aliphatic rings. The van der Waals surface area contributed by atoms with Gasteiger partial charge in [-0.1, -0.05) is 17.8 Å². The average molecular weight is 255 g/mol. The number of carbonyl (C=O) groups is 1. The van der Waals surface area contributed by atoms with Crippen LogP contribution in [-0.2, 0) is 6.42 Å². The number of nitrogens with zero attached hydrogens (tertiary/aromatic N) is 2. The molecule has 1 saturated carbocycles. The van der Waals surface area contributed by atoms with Crippen molar-refractivity contribution >= 4 is 17.4 Å². The number of hydrogen-bond donors (Lipinski definition) is 2. The lowest BCUT2D eigenvalue weighted by molar-refractivity contribution is 0.0644. The minimum atomic E-state index is -0.398. The summed E-state index contributed by atoms with van der Waals surface area (Å²) in [6, 6.07) is 0. The first-order valence-electron chi connectivity index (χ1n) is 5.95. The molecule has 0 spiro atoms. The molecule has 5 nitrogen and oxygen atoms in total. The molecule has 6 heteroatoms. The van der Waals surface area contributed by atoms with Crippen LogP contribution < -0.4 is 5.32 Å². The van der Waals surface area contributed by atoms with Gasteiger partial charge in [0.05, 0.1) is 17.8 Å². The molecule has 0 unspecified atom stereocenters. The van der Waals surface area contributed by atoms with E-state index in [9.17, 15) is 9.90 Å². The monoisotopic (exact) mass is 255 g/mol. The number of rotatable bonds is 5. The van der Waals surface area contributed by atoms with E-state index in [1.54, 1.807) is 0 Å². The number of carbonyl (C=O) groups excluding carboxylic acids is 1. The molecular weight excluding hydrogens is 238 g/mol. The maximum Gasteiger partial charge on any atom is 0.265 e. The van der Waals surface area contributed by atoms with Gasteiger partial charge in [-0.05, 0) is 37.2 Å². The Morgan fingerprint density at radius 1 is 1.59 bits per heavy atom. The predicted octanol–water partition coefficient (Wildman–Crippen LogP) is 1.14. The van der Waals surface area contributed by atoms with Gasteiger partial charge in [0.1, 0.15) is 4.88 Å². The molecule has 0 saturated heterocycles. The summed E-state index contributed by atoms with van der Waals surface area (Å²) < 4.78 is 3.83. The highest BCUT2D eigenvalue weighted by molar-refractivity contribution is 7.08. The van der Waals surface area contributed by atoms with Crippen LogP contribution in [-0.4, -0.2) is 32.7 Å². The summed E-state index contributed by atoms with van der Waals surface area (Å²) in [5.41, 5.74) is 0.368. The fourth-order valence-electron chi connectivity index (χ4n) is 2.01. The predicted molar refractivity (Wildman–Crippen MR) is 65.0 cm³/mol. The van der Waals surface area contributed by atoms with E-state index in [-0.39, 0.29) is 12.5 Å². The normalized spacial score (nSPS) is 17.5. The van der Waals surface area contributed by atoms with Crippen molar-refractivity contribution in [1.82, 2.24) is 14.9 Å². The largest absolute Gasteiger partial charge is 0.394 e. The second-order valence-corrected chi connectivity index (χ2v) is 5.30. The van der Waals surface area contributed by atoms with Gasteiger partial charge >= 0.3 is 0 Å². The number of aliphatic hydroxyl groups excluding tert-OH is 1. The SMILES string of the molecule is CCCc1nnsc1C(=O)NC1(CO)CCC1. The minimum Gasteiger partial charge on any atom is -0.394 e. The average Bonchev–Trinajstić information content (AvgIpc) is 2.72. The molecule has 2 rings (SSSR count). The van der Waals surface area contributed by atoms with E-state index in [0.29, 0.717) is 4.88 Å². The zero-order valence-corrected chi connectivity index (χ0v) is 10.7. The van der Waals surface area contributed by atoms with E-state index in [2.05, 4.69) is 14.9 Å². The maximum atomic E-state index is 12.1. The van der Waals surface area contributed by atoms with Crippen LogP contribution in [0.25, 0.3) is 0 Å². The highest BCUT2D eigenvalue weighted by Gasteiger charge is 2.38. The molecule has 2 N–H and O–H groups in total. The van der Waals surface area contributed by atoms with Crippen molar-refractivity contribution in [3.05, 3.63) is 10.6 Å². The highest BCUT2D eigenvalue weighted by atomic mass is 32.1. The van der Waals surface area contributed by atoms with Gasteiger partial charge in [-0.15, -0.1) is 5.10 Å². The molecule has 0 bridgehead atoms. The van der Waals surface area contributed by atoms with Crippen LogP contribution in [0.15, 0.2) is 0 Å².